The highest BCUT2D eigenvalue weighted by molar-refractivity contribution is 5.79. The Kier molecular flexibility index (Phi) is 7.92. The number of hydrogen-bond donors (Lipinski definition) is 1. The monoisotopic (exact) mass is 504 g/mol. The maximum Gasteiger partial charge on any atom is 0.252 e. The van der Waals surface area contributed by atoms with Crippen LogP contribution in [-0.4, -0.2) is 50.9 Å². The summed E-state index contributed by atoms with van der Waals surface area (Å²) in [5.74, 6) is 2.15. The maximum atomic E-state index is 13.0. The van der Waals surface area contributed by atoms with Gasteiger partial charge in [0.05, 0.1) is 26.3 Å². The molecule has 37 heavy (non-hydrogen) atoms. The fourth-order valence-electron chi connectivity index (χ4n) is 4.44. The number of fused-ring (bicyclic) bond motifs is 1. The molecule has 2 aromatic heterocycles. The van der Waals surface area contributed by atoms with Gasteiger partial charge in [-0.25, -0.2) is 4.68 Å². The summed E-state index contributed by atoms with van der Waals surface area (Å²) in [5, 5.41) is 13.5. The Morgan fingerprint density at radius 1 is 0.973 bits per heavy atom. The molecule has 0 unspecified atom stereocenters. The zero-order valence-corrected chi connectivity index (χ0v) is 22.5. The fourth-order valence-corrected chi connectivity index (χ4v) is 4.44. The van der Waals surface area contributed by atoms with E-state index in [9.17, 15) is 4.79 Å². The summed E-state index contributed by atoms with van der Waals surface area (Å²) < 4.78 is 12.7. The van der Waals surface area contributed by atoms with E-state index in [0.29, 0.717) is 36.7 Å². The number of ether oxygens (including phenoxy) is 2. The topological polar surface area (TPSA) is 98.2 Å². The first-order valence-corrected chi connectivity index (χ1v) is 12.6. The molecule has 0 atom stereocenters. The molecule has 4 aromatic rings. The Bertz CT molecular complexity index is 1420. The van der Waals surface area contributed by atoms with Crippen LogP contribution in [0.4, 0.5) is 0 Å². The van der Waals surface area contributed by atoms with Crippen molar-refractivity contribution in [2.45, 2.75) is 59.2 Å². The number of tetrazole rings is 1. The van der Waals surface area contributed by atoms with Crippen molar-refractivity contribution in [3.05, 3.63) is 75.3 Å². The van der Waals surface area contributed by atoms with Gasteiger partial charge in [0.1, 0.15) is 0 Å². The van der Waals surface area contributed by atoms with Crippen LogP contribution < -0.4 is 15.0 Å². The number of pyridine rings is 1. The lowest BCUT2D eigenvalue weighted by Crippen LogP contribution is -2.32. The van der Waals surface area contributed by atoms with Gasteiger partial charge in [0.2, 0.25) is 0 Å². The molecule has 4 rings (SSSR count). The van der Waals surface area contributed by atoms with Crippen LogP contribution in [0.2, 0.25) is 0 Å². The van der Waals surface area contributed by atoms with Gasteiger partial charge in [-0.2, -0.15) is 0 Å². The van der Waals surface area contributed by atoms with Gasteiger partial charge in [0, 0.05) is 24.2 Å². The van der Waals surface area contributed by atoms with E-state index in [1.54, 1.807) is 14.2 Å². The summed E-state index contributed by atoms with van der Waals surface area (Å²) in [7, 11) is 3.26. The molecule has 9 nitrogen and oxygen atoms in total. The molecule has 0 bridgehead atoms. The zero-order valence-electron chi connectivity index (χ0n) is 22.5. The molecule has 196 valence electrons. The van der Waals surface area contributed by atoms with Crippen molar-refractivity contribution in [3.8, 4) is 11.5 Å². The number of rotatable bonds is 10. The van der Waals surface area contributed by atoms with E-state index in [1.807, 2.05) is 35.0 Å². The number of H-pyrrole nitrogens is 1. The summed E-state index contributed by atoms with van der Waals surface area (Å²) in [5.41, 5.74) is 3.56. The average Bonchev–Trinajstić information content (AvgIpc) is 3.36. The summed E-state index contributed by atoms with van der Waals surface area (Å²) in [6, 6.07) is 14.1. The van der Waals surface area contributed by atoms with E-state index in [0.717, 1.165) is 35.1 Å². The summed E-state index contributed by atoms with van der Waals surface area (Å²) in [4.78, 5) is 18.3. The van der Waals surface area contributed by atoms with Gasteiger partial charge in [-0.15, -0.1) is 5.10 Å². The first-order valence-electron chi connectivity index (χ1n) is 12.6. The van der Waals surface area contributed by atoms with Gasteiger partial charge in [0.25, 0.3) is 5.56 Å². The van der Waals surface area contributed by atoms with Crippen LogP contribution in [0, 0.1) is 0 Å². The van der Waals surface area contributed by atoms with Crippen molar-refractivity contribution in [3.63, 3.8) is 0 Å². The molecule has 0 aliphatic carbocycles. The van der Waals surface area contributed by atoms with Crippen molar-refractivity contribution < 1.29 is 9.47 Å². The highest BCUT2D eigenvalue weighted by Crippen LogP contribution is 2.28. The van der Waals surface area contributed by atoms with E-state index < -0.39 is 0 Å². The van der Waals surface area contributed by atoms with Crippen LogP contribution >= 0.6 is 0 Å². The molecular weight excluding hydrogens is 468 g/mol. The SMILES string of the molecule is CCc1ccc2[nH]c(=O)c(CN(CCc3ccc(OC)c(OC)c3)Cc3nnnn3C(C)(C)C)cc2c1. The second-order valence-corrected chi connectivity index (χ2v) is 10.2. The van der Waals surface area contributed by atoms with Crippen LogP contribution in [0.1, 0.15) is 50.2 Å². The molecule has 0 saturated heterocycles. The number of nitrogens with one attached hydrogen (secondary N) is 1. The molecule has 0 fully saturated rings. The van der Waals surface area contributed by atoms with Gasteiger partial charge in [-0.05, 0) is 90.9 Å². The average molecular weight is 505 g/mol. The Morgan fingerprint density at radius 3 is 2.43 bits per heavy atom. The van der Waals surface area contributed by atoms with Crippen LogP contribution in [0.15, 0.2) is 47.3 Å². The first-order chi connectivity index (χ1) is 17.7. The fraction of sp³-hybridized carbons (Fsp3) is 0.429. The second kappa shape index (κ2) is 11.1. The molecule has 2 aromatic carbocycles. The summed E-state index contributed by atoms with van der Waals surface area (Å²) in [6.45, 7) is 10.00. The second-order valence-electron chi connectivity index (χ2n) is 10.2. The standard InChI is InChI=1S/C28H36N6O3/c1-7-19-8-10-23-21(14-19)16-22(27(35)29-23)17-33(18-26-30-31-32-34(26)28(2,3)4)13-12-20-9-11-24(36-5)25(15-20)37-6/h8-11,14-16H,7,12-13,17-18H2,1-6H3,(H,29,35). The van der Waals surface area contributed by atoms with Crippen molar-refractivity contribution >= 4 is 10.9 Å². The molecule has 0 aliphatic heterocycles. The number of aromatic nitrogens is 5. The molecule has 9 heteroatoms. The highest BCUT2D eigenvalue weighted by atomic mass is 16.5. The molecule has 0 amide bonds. The third-order valence-corrected chi connectivity index (χ3v) is 6.49. The van der Waals surface area contributed by atoms with Crippen molar-refractivity contribution in [1.82, 2.24) is 30.1 Å². The third kappa shape index (κ3) is 6.17. The number of aryl methyl sites for hydroxylation is 1. The molecule has 0 aliphatic rings. The molecule has 0 saturated carbocycles. The normalized spacial score (nSPS) is 11.9. The zero-order chi connectivity index (χ0) is 26.6. The van der Waals surface area contributed by atoms with Crippen LogP contribution in [0.5, 0.6) is 11.5 Å². The molecule has 0 spiro atoms. The minimum atomic E-state index is -0.259. The number of hydrogen-bond acceptors (Lipinski definition) is 7. The number of benzene rings is 2. The lowest BCUT2D eigenvalue weighted by Gasteiger charge is -2.25. The third-order valence-electron chi connectivity index (χ3n) is 6.49. The molecule has 0 radical (unpaired) electrons. The minimum Gasteiger partial charge on any atom is -0.493 e. The van der Waals surface area contributed by atoms with Gasteiger partial charge >= 0.3 is 0 Å². The largest absolute Gasteiger partial charge is 0.493 e. The molecule has 2 heterocycles. The number of aromatic amines is 1. The van der Waals surface area contributed by atoms with E-state index in [-0.39, 0.29) is 11.1 Å². The lowest BCUT2D eigenvalue weighted by atomic mass is 10.1. The smallest absolute Gasteiger partial charge is 0.252 e. The van der Waals surface area contributed by atoms with Gasteiger partial charge < -0.3 is 14.5 Å². The Balaban J connectivity index is 1.64. The summed E-state index contributed by atoms with van der Waals surface area (Å²) in [6.07, 6.45) is 1.69. The van der Waals surface area contributed by atoms with Gasteiger partial charge in [-0.1, -0.05) is 19.1 Å². The maximum absolute atomic E-state index is 13.0. The molecular formula is C28H36N6O3. The van der Waals surface area contributed by atoms with Gasteiger partial charge in [-0.3, -0.25) is 9.69 Å². The lowest BCUT2D eigenvalue weighted by molar-refractivity contribution is 0.233. The van der Waals surface area contributed by atoms with Crippen molar-refractivity contribution in [2.24, 2.45) is 0 Å². The predicted octanol–water partition coefficient (Wildman–Crippen LogP) is 4.09. The van der Waals surface area contributed by atoms with Crippen LogP contribution in [0.3, 0.4) is 0 Å². The van der Waals surface area contributed by atoms with E-state index in [1.165, 1.54) is 5.56 Å². The van der Waals surface area contributed by atoms with E-state index in [2.05, 4.69) is 65.2 Å². The van der Waals surface area contributed by atoms with Crippen LogP contribution in [0.25, 0.3) is 10.9 Å². The van der Waals surface area contributed by atoms with Crippen molar-refractivity contribution in [2.75, 3.05) is 20.8 Å². The molecule has 1 N–H and O–H groups in total. The Morgan fingerprint density at radius 2 is 1.73 bits per heavy atom. The van der Waals surface area contributed by atoms with Crippen LogP contribution in [-0.2, 0) is 31.5 Å². The highest BCUT2D eigenvalue weighted by Gasteiger charge is 2.22. The van der Waals surface area contributed by atoms with Gasteiger partial charge in [0.15, 0.2) is 17.3 Å². The van der Waals surface area contributed by atoms with E-state index in [4.69, 9.17) is 9.47 Å². The quantitative estimate of drug-likeness (QED) is 0.347. The van der Waals surface area contributed by atoms with Crippen molar-refractivity contribution in [1.29, 1.82) is 0 Å². The Labute approximate surface area is 217 Å². The number of methoxy groups -OCH3 is 2. The number of nitrogens with zero attached hydrogens (tertiary/aromatic N) is 5. The predicted molar refractivity (Wildman–Crippen MR) is 144 cm³/mol. The summed E-state index contributed by atoms with van der Waals surface area (Å²) >= 11 is 0. The minimum absolute atomic E-state index is 0.0803. The Hall–Kier alpha value is -3.72. The first kappa shape index (κ1) is 26.3. The van der Waals surface area contributed by atoms with E-state index >= 15 is 0 Å².